The zero-order chi connectivity index (χ0) is 22.0. The molecule has 1 aliphatic heterocycles. The zero-order valence-electron chi connectivity index (χ0n) is 17.6. The largest absolute Gasteiger partial charge is 0.384 e. The molecule has 1 aliphatic rings. The molecule has 1 fully saturated rings. The molecule has 0 saturated carbocycles. The first-order chi connectivity index (χ1) is 14.2. The van der Waals surface area contributed by atoms with E-state index in [0.29, 0.717) is 32.6 Å². The summed E-state index contributed by atoms with van der Waals surface area (Å²) in [6.45, 7) is 4.09. The number of carbonyl (C=O) groups excluding carboxylic acids is 2. The van der Waals surface area contributed by atoms with Gasteiger partial charge in [0.05, 0.1) is 13.0 Å². The number of hydrogen-bond donors (Lipinski definition) is 1. The Hall–Kier alpha value is -3.20. The molecule has 160 valence electrons. The maximum Gasteiger partial charge on any atom is 0.332 e. The van der Waals surface area contributed by atoms with E-state index in [2.05, 4.69) is 0 Å². The summed E-state index contributed by atoms with van der Waals surface area (Å²) in [6, 6.07) is 7.89. The third-order valence-electron chi connectivity index (χ3n) is 5.56. The van der Waals surface area contributed by atoms with Crippen LogP contribution in [0.1, 0.15) is 21.5 Å². The molecule has 2 aromatic rings. The minimum atomic E-state index is -0.687. The fourth-order valence-electron chi connectivity index (χ4n) is 3.55. The molecule has 2 N–H and O–H groups in total. The van der Waals surface area contributed by atoms with Crippen LogP contribution in [0.2, 0.25) is 0 Å². The van der Waals surface area contributed by atoms with E-state index in [-0.39, 0.29) is 23.8 Å². The summed E-state index contributed by atoms with van der Waals surface area (Å²) in [7, 11) is 2.74. The van der Waals surface area contributed by atoms with Gasteiger partial charge in [-0.1, -0.05) is 29.8 Å². The van der Waals surface area contributed by atoms with Crippen LogP contribution in [0.4, 0.5) is 5.82 Å². The van der Waals surface area contributed by atoms with Crippen molar-refractivity contribution in [1.29, 1.82) is 0 Å². The van der Waals surface area contributed by atoms with Gasteiger partial charge in [-0.15, -0.1) is 0 Å². The summed E-state index contributed by atoms with van der Waals surface area (Å²) in [4.78, 5) is 53.2. The van der Waals surface area contributed by atoms with Crippen LogP contribution in [0, 0.1) is 6.92 Å². The first-order valence-electron chi connectivity index (χ1n) is 9.83. The highest BCUT2D eigenvalue weighted by atomic mass is 16.2. The number of anilines is 1. The summed E-state index contributed by atoms with van der Waals surface area (Å²) in [5, 5.41) is 0. The van der Waals surface area contributed by atoms with E-state index in [0.717, 1.165) is 20.3 Å². The first-order valence-corrected chi connectivity index (χ1v) is 9.83. The van der Waals surface area contributed by atoms with Gasteiger partial charge >= 0.3 is 5.69 Å². The Kier molecular flexibility index (Phi) is 6.21. The molecule has 0 aliphatic carbocycles. The molecule has 0 bridgehead atoms. The molecule has 1 aromatic heterocycles. The number of aryl methyl sites for hydroxylation is 1. The van der Waals surface area contributed by atoms with Crippen LogP contribution < -0.4 is 17.0 Å². The Morgan fingerprint density at radius 3 is 2.17 bits per heavy atom. The van der Waals surface area contributed by atoms with Crippen LogP contribution in [-0.4, -0.2) is 63.3 Å². The molecular weight excluding hydrogens is 386 g/mol. The summed E-state index contributed by atoms with van der Waals surface area (Å²) in [5.74, 6) is -0.496. The highest BCUT2D eigenvalue weighted by Gasteiger charge is 2.26. The number of nitrogen functional groups attached to an aromatic ring is 1. The van der Waals surface area contributed by atoms with Crippen LogP contribution in [0.3, 0.4) is 0 Å². The molecule has 30 heavy (non-hydrogen) atoms. The summed E-state index contributed by atoms with van der Waals surface area (Å²) in [5.41, 5.74) is 6.56. The van der Waals surface area contributed by atoms with Crippen molar-refractivity contribution in [2.75, 3.05) is 38.5 Å². The number of nitrogens with two attached hydrogens (primary N) is 1. The lowest BCUT2D eigenvalue weighted by Crippen LogP contribution is -2.51. The fraction of sp³-hybridized carbons (Fsp3) is 0.429. The number of amides is 1. The first kappa shape index (κ1) is 21.5. The molecule has 9 nitrogen and oxygen atoms in total. The van der Waals surface area contributed by atoms with Crippen LogP contribution in [0.15, 0.2) is 33.9 Å². The number of benzene rings is 1. The van der Waals surface area contributed by atoms with E-state index in [1.54, 1.807) is 4.90 Å². The van der Waals surface area contributed by atoms with Crippen LogP contribution in [-0.2, 0) is 25.3 Å². The molecule has 0 atom stereocenters. The Bertz CT molecular complexity index is 1080. The van der Waals surface area contributed by atoms with E-state index in [4.69, 9.17) is 5.73 Å². The Balaban J connectivity index is 1.60. The van der Waals surface area contributed by atoms with Gasteiger partial charge in [0.15, 0.2) is 5.78 Å². The van der Waals surface area contributed by atoms with Crippen LogP contribution >= 0.6 is 0 Å². The minimum absolute atomic E-state index is 0.0115. The number of nitrogens with zero attached hydrogens (tertiary/aromatic N) is 4. The number of ketones is 1. The molecule has 2 heterocycles. The summed E-state index contributed by atoms with van der Waals surface area (Å²) in [6.07, 6.45) is 0.351. The van der Waals surface area contributed by atoms with Crippen molar-refractivity contribution in [3.05, 3.63) is 61.8 Å². The van der Waals surface area contributed by atoms with Gasteiger partial charge in [0.25, 0.3) is 5.56 Å². The quantitative estimate of drug-likeness (QED) is 0.665. The number of piperazine rings is 1. The predicted molar refractivity (Wildman–Crippen MR) is 114 cm³/mol. The van der Waals surface area contributed by atoms with E-state index >= 15 is 0 Å². The molecule has 0 radical (unpaired) electrons. The van der Waals surface area contributed by atoms with Gasteiger partial charge in [-0.05, 0) is 12.5 Å². The molecular formula is C21H27N5O4. The van der Waals surface area contributed by atoms with Crippen molar-refractivity contribution in [3.8, 4) is 0 Å². The van der Waals surface area contributed by atoms with Crippen molar-refractivity contribution in [2.45, 2.75) is 13.3 Å². The van der Waals surface area contributed by atoms with Crippen molar-refractivity contribution in [1.82, 2.24) is 18.9 Å². The average Bonchev–Trinajstić information content (AvgIpc) is 2.73. The lowest BCUT2D eigenvalue weighted by Gasteiger charge is -2.34. The third kappa shape index (κ3) is 4.35. The molecule has 3 rings (SSSR count). The minimum Gasteiger partial charge on any atom is -0.384 e. The monoisotopic (exact) mass is 413 g/mol. The van der Waals surface area contributed by atoms with Gasteiger partial charge in [0, 0.05) is 40.3 Å². The Morgan fingerprint density at radius 1 is 0.967 bits per heavy atom. The molecule has 9 heteroatoms. The van der Waals surface area contributed by atoms with Gasteiger partial charge in [-0.3, -0.25) is 28.4 Å². The number of aromatic nitrogens is 2. The standard InChI is InChI=1S/C21H27N5O4/c1-14-4-6-15(7-5-14)12-17(28)26-10-8-25(9-11-26)13-16(27)18-19(22)23(2)21(30)24(3)20(18)29/h4-7H,8-13,22H2,1-3H3. The van der Waals surface area contributed by atoms with Crippen molar-refractivity contribution < 1.29 is 9.59 Å². The van der Waals surface area contributed by atoms with Gasteiger partial charge in [-0.2, -0.15) is 0 Å². The topological polar surface area (TPSA) is 111 Å². The third-order valence-corrected chi connectivity index (χ3v) is 5.56. The lowest BCUT2D eigenvalue weighted by atomic mass is 10.1. The fourth-order valence-corrected chi connectivity index (χ4v) is 3.55. The number of rotatable bonds is 5. The normalized spacial score (nSPS) is 14.7. The molecule has 1 amide bonds. The van der Waals surface area contributed by atoms with Gasteiger partial charge in [0.1, 0.15) is 11.4 Å². The SMILES string of the molecule is Cc1ccc(CC(=O)N2CCN(CC(=O)c3c(N)n(C)c(=O)n(C)c3=O)CC2)cc1. The highest BCUT2D eigenvalue weighted by molar-refractivity contribution is 6.01. The van der Waals surface area contributed by atoms with Gasteiger partial charge in [0.2, 0.25) is 5.91 Å². The lowest BCUT2D eigenvalue weighted by molar-refractivity contribution is -0.132. The van der Waals surface area contributed by atoms with Gasteiger partial charge in [-0.25, -0.2) is 4.79 Å². The van der Waals surface area contributed by atoms with Crippen molar-refractivity contribution in [3.63, 3.8) is 0 Å². The number of hydrogen-bond acceptors (Lipinski definition) is 6. The van der Waals surface area contributed by atoms with Crippen molar-refractivity contribution in [2.24, 2.45) is 14.1 Å². The second-order valence-electron chi connectivity index (χ2n) is 7.71. The maximum absolute atomic E-state index is 12.7. The van der Waals surface area contributed by atoms with E-state index in [1.807, 2.05) is 36.1 Å². The second kappa shape index (κ2) is 8.66. The molecule has 0 spiro atoms. The smallest absolute Gasteiger partial charge is 0.332 e. The Morgan fingerprint density at radius 2 is 1.57 bits per heavy atom. The Labute approximate surface area is 174 Å². The summed E-state index contributed by atoms with van der Waals surface area (Å²) < 4.78 is 1.97. The summed E-state index contributed by atoms with van der Waals surface area (Å²) >= 11 is 0. The molecule has 1 aromatic carbocycles. The van der Waals surface area contributed by atoms with E-state index < -0.39 is 17.0 Å². The maximum atomic E-state index is 12.7. The molecule has 1 saturated heterocycles. The van der Waals surface area contributed by atoms with E-state index in [1.165, 1.54) is 14.1 Å². The van der Waals surface area contributed by atoms with Crippen molar-refractivity contribution >= 4 is 17.5 Å². The predicted octanol–water partition coefficient (Wildman–Crippen LogP) is -0.456. The molecule has 0 unspecified atom stereocenters. The number of Topliss-reactive ketones (excluding diaryl/α,β-unsaturated/α-hetero) is 1. The number of carbonyl (C=O) groups is 2. The highest BCUT2D eigenvalue weighted by Crippen LogP contribution is 2.10. The van der Waals surface area contributed by atoms with Gasteiger partial charge < -0.3 is 10.6 Å². The van der Waals surface area contributed by atoms with E-state index in [9.17, 15) is 19.2 Å². The van der Waals surface area contributed by atoms with Crippen LogP contribution in [0.25, 0.3) is 0 Å². The zero-order valence-corrected chi connectivity index (χ0v) is 17.6. The van der Waals surface area contributed by atoms with Crippen LogP contribution in [0.5, 0.6) is 0 Å². The second-order valence-corrected chi connectivity index (χ2v) is 7.71. The average molecular weight is 413 g/mol.